The third-order valence-corrected chi connectivity index (χ3v) is 6.49. The van der Waals surface area contributed by atoms with E-state index >= 15 is 0 Å². The molecule has 0 unspecified atom stereocenters. The van der Waals surface area contributed by atoms with Crippen molar-refractivity contribution in [1.82, 2.24) is 9.80 Å². The highest BCUT2D eigenvalue weighted by atomic mass is 16.5. The number of Topliss-reactive ketones (excluding diaryl/α,β-unsaturated/α-hetero) is 1. The van der Waals surface area contributed by atoms with Crippen LogP contribution in [0.1, 0.15) is 22.7 Å². The number of phenols is 1. The Morgan fingerprint density at radius 2 is 1.74 bits per heavy atom. The predicted octanol–water partition coefficient (Wildman–Crippen LogP) is 2.47. The molecule has 2 fully saturated rings. The average Bonchev–Trinajstić information content (AvgIpc) is 3.12. The number of amides is 1. The fourth-order valence-corrected chi connectivity index (χ4v) is 4.58. The van der Waals surface area contributed by atoms with E-state index in [0.29, 0.717) is 36.6 Å². The molecule has 0 spiro atoms. The molecule has 2 aromatic carbocycles. The lowest BCUT2D eigenvalue weighted by molar-refractivity contribution is -0.140. The summed E-state index contributed by atoms with van der Waals surface area (Å²) in [5.74, 6) is -0.904. The summed E-state index contributed by atoms with van der Waals surface area (Å²) in [6.45, 7) is 5.40. The summed E-state index contributed by atoms with van der Waals surface area (Å²) in [5.41, 5.74) is 1.73. The van der Waals surface area contributed by atoms with Crippen LogP contribution in [0.15, 0.2) is 42.0 Å². The van der Waals surface area contributed by atoms with Crippen molar-refractivity contribution in [2.75, 3.05) is 53.6 Å². The van der Waals surface area contributed by atoms with Gasteiger partial charge in [-0.2, -0.15) is 0 Å². The fraction of sp³-hybridized carbons (Fsp3) is 0.385. The number of likely N-dealkylation sites (tertiary alicyclic amines) is 1. The molecule has 2 saturated heterocycles. The number of morpholine rings is 1. The van der Waals surface area contributed by atoms with E-state index in [1.54, 1.807) is 37.4 Å². The number of methoxy groups -OCH3 is 2. The number of benzene rings is 2. The second-order valence-electron chi connectivity index (χ2n) is 8.56. The Hall–Kier alpha value is -3.56. The van der Waals surface area contributed by atoms with Gasteiger partial charge in [0.1, 0.15) is 11.5 Å². The number of hydrogen-bond acceptors (Lipinski definition) is 8. The van der Waals surface area contributed by atoms with Crippen molar-refractivity contribution in [3.8, 4) is 17.2 Å². The number of rotatable bonds is 7. The second-order valence-corrected chi connectivity index (χ2v) is 8.56. The number of carbonyl (C=O) groups excluding carboxylic acids is 2. The van der Waals surface area contributed by atoms with Gasteiger partial charge in [0.25, 0.3) is 11.7 Å². The lowest BCUT2D eigenvalue weighted by Crippen LogP contribution is -2.42. The van der Waals surface area contributed by atoms with E-state index in [4.69, 9.17) is 14.2 Å². The number of ether oxygens (including phenoxy) is 3. The van der Waals surface area contributed by atoms with Crippen molar-refractivity contribution in [1.29, 1.82) is 0 Å². The van der Waals surface area contributed by atoms with Gasteiger partial charge in [0.15, 0.2) is 11.5 Å². The number of aliphatic hydroxyl groups excluding tert-OH is 1. The quantitative estimate of drug-likeness (QED) is 0.352. The number of phenolic OH excluding ortho intramolecular Hbond substituents is 1. The van der Waals surface area contributed by atoms with Crippen LogP contribution in [-0.2, 0) is 14.3 Å². The van der Waals surface area contributed by atoms with Crippen molar-refractivity contribution >= 4 is 17.4 Å². The van der Waals surface area contributed by atoms with Gasteiger partial charge >= 0.3 is 0 Å². The maximum atomic E-state index is 13.2. The summed E-state index contributed by atoms with van der Waals surface area (Å²) < 4.78 is 16.0. The summed E-state index contributed by atoms with van der Waals surface area (Å²) in [5, 5.41) is 21.4. The molecule has 2 N–H and O–H groups in total. The van der Waals surface area contributed by atoms with E-state index in [1.165, 1.54) is 18.1 Å². The van der Waals surface area contributed by atoms with Crippen molar-refractivity contribution in [3.63, 3.8) is 0 Å². The Morgan fingerprint density at radius 1 is 1.03 bits per heavy atom. The van der Waals surface area contributed by atoms with Gasteiger partial charge in [-0.25, -0.2) is 0 Å². The molecule has 1 atom stereocenters. The number of hydrogen-bond donors (Lipinski definition) is 2. The van der Waals surface area contributed by atoms with E-state index in [0.717, 1.165) is 18.7 Å². The molecule has 0 saturated carbocycles. The van der Waals surface area contributed by atoms with Gasteiger partial charge in [-0.1, -0.05) is 6.07 Å². The first-order valence-corrected chi connectivity index (χ1v) is 11.5. The van der Waals surface area contributed by atoms with Gasteiger partial charge in [0.05, 0.1) is 39.0 Å². The van der Waals surface area contributed by atoms with Crippen molar-refractivity contribution in [2.45, 2.75) is 13.0 Å². The van der Waals surface area contributed by atoms with Crippen LogP contribution in [-0.4, -0.2) is 85.3 Å². The fourth-order valence-electron chi connectivity index (χ4n) is 4.58. The van der Waals surface area contributed by atoms with E-state index in [9.17, 15) is 19.8 Å². The molecular weight excluding hydrogens is 452 g/mol. The lowest BCUT2D eigenvalue weighted by Gasteiger charge is -2.31. The molecule has 0 radical (unpaired) electrons. The third-order valence-electron chi connectivity index (χ3n) is 6.49. The molecule has 0 aromatic heterocycles. The zero-order chi connectivity index (χ0) is 25.1. The van der Waals surface area contributed by atoms with E-state index in [2.05, 4.69) is 4.90 Å². The van der Waals surface area contributed by atoms with Gasteiger partial charge in [-0.15, -0.1) is 0 Å². The zero-order valence-electron chi connectivity index (χ0n) is 20.1. The number of aromatic hydroxyl groups is 1. The molecule has 0 bridgehead atoms. The molecule has 0 aliphatic carbocycles. The Labute approximate surface area is 204 Å². The second kappa shape index (κ2) is 10.4. The molecule has 2 aliphatic heterocycles. The third kappa shape index (κ3) is 4.82. The van der Waals surface area contributed by atoms with Crippen LogP contribution in [0.2, 0.25) is 0 Å². The minimum Gasteiger partial charge on any atom is -0.507 e. The Kier molecular flexibility index (Phi) is 7.28. The number of aliphatic hydroxyl groups is 1. The molecule has 1 amide bonds. The lowest BCUT2D eigenvalue weighted by atomic mass is 9.94. The van der Waals surface area contributed by atoms with Gasteiger partial charge in [0.2, 0.25) is 0 Å². The van der Waals surface area contributed by atoms with Gasteiger partial charge in [0, 0.05) is 31.7 Å². The maximum Gasteiger partial charge on any atom is 0.295 e. The maximum absolute atomic E-state index is 13.2. The van der Waals surface area contributed by atoms with Crippen molar-refractivity contribution in [2.24, 2.45) is 0 Å². The van der Waals surface area contributed by atoms with Crippen molar-refractivity contribution in [3.05, 3.63) is 58.7 Å². The number of nitrogens with zero attached hydrogens (tertiary/aromatic N) is 2. The van der Waals surface area contributed by atoms with Crippen LogP contribution in [0.4, 0.5) is 0 Å². The number of aryl methyl sites for hydroxylation is 1. The first kappa shape index (κ1) is 24.6. The minimum absolute atomic E-state index is 0.00529. The molecule has 4 rings (SSSR count). The van der Waals surface area contributed by atoms with Crippen molar-refractivity contribution < 1.29 is 34.0 Å². The molecule has 35 heavy (non-hydrogen) atoms. The summed E-state index contributed by atoms with van der Waals surface area (Å²) in [7, 11) is 2.98. The zero-order valence-corrected chi connectivity index (χ0v) is 20.1. The van der Waals surface area contributed by atoms with E-state index in [-0.39, 0.29) is 29.4 Å². The molecule has 186 valence electrons. The van der Waals surface area contributed by atoms with Gasteiger partial charge in [-0.3, -0.25) is 14.5 Å². The smallest absolute Gasteiger partial charge is 0.295 e. The first-order valence-electron chi connectivity index (χ1n) is 11.5. The van der Waals surface area contributed by atoms with Crippen LogP contribution in [0.3, 0.4) is 0 Å². The van der Waals surface area contributed by atoms with Gasteiger partial charge in [-0.05, 0) is 48.4 Å². The first-order chi connectivity index (χ1) is 16.8. The Balaban J connectivity index is 1.78. The van der Waals surface area contributed by atoms with Crippen LogP contribution in [0.5, 0.6) is 17.2 Å². The topological polar surface area (TPSA) is 109 Å². The Bertz CT molecular complexity index is 1150. The molecule has 2 heterocycles. The highest BCUT2D eigenvalue weighted by molar-refractivity contribution is 6.46. The SMILES string of the molecule is COc1ccc(C(O)=C2C(=O)C(=O)N(CCN3CCOCC3)[C@H]2c2ccc(O)c(OC)c2)cc1C. The monoisotopic (exact) mass is 482 g/mol. The van der Waals surface area contributed by atoms with Gasteiger partial charge < -0.3 is 29.3 Å². The average molecular weight is 483 g/mol. The molecule has 9 nitrogen and oxygen atoms in total. The predicted molar refractivity (Wildman–Crippen MR) is 129 cm³/mol. The summed E-state index contributed by atoms with van der Waals surface area (Å²) >= 11 is 0. The molecular formula is C26H30N2O7. The van der Waals surface area contributed by atoms with E-state index < -0.39 is 17.7 Å². The number of ketones is 1. The summed E-state index contributed by atoms with van der Waals surface area (Å²) in [4.78, 5) is 30.1. The summed E-state index contributed by atoms with van der Waals surface area (Å²) in [6.07, 6.45) is 0. The van der Waals surface area contributed by atoms with E-state index in [1.807, 2.05) is 6.92 Å². The molecule has 2 aromatic rings. The minimum atomic E-state index is -0.840. The largest absolute Gasteiger partial charge is 0.507 e. The van der Waals surface area contributed by atoms with Crippen LogP contribution in [0.25, 0.3) is 5.76 Å². The highest BCUT2D eigenvalue weighted by Crippen LogP contribution is 2.42. The normalized spacial score (nSPS) is 20.3. The standard InChI is InChI=1S/C26H30N2O7/c1-16-14-18(5-7-20(16)33-2)24(30)22-23(17-4-6-19(29)21(15-17)34-3)28(26(32)25(22)31)9-8-27-10-12-35-13-11-27/h4-7,14-15,23,29-30H,8-13H2,1-3H3/t23-/m0/s1. The Morgan fingerprint density at radius 3 is 2.40 bits per heavy atom. The molecule has 9 heteroatoms. The number of carbonyl (C=O) groups is 2. The van der Waals surface area contributed by atoms with Crippen LogP contribution >= 0.6 is 0 Å². The van der Waals surface area contributed by atoms with Crippen LogP contribution in [0, 0.1) is 6.92 Å². The highest BCUT2D eigenvalue weighted by Gasteiger charge is 2.46. The van der Waals surface area contributed by atoms with Crippen LogP contribution < -0.4 is 9.47 Å². The summed E-state index contributed by atoms with van der Waals surface area (Å²) in [6, 6.07) is 8.89. The molecule has 2 aliphatic rings.